The van der Waals surface area contributed by atoms with Crippen LogP contribution in [0.25, 0.3) is 28.0 Å². The third kappa shape index (κ3) is 7.62. The Bertz CT molecular complexity index is 1890. The molecule has 3 aliphatic heterocycles. The first-order valence-electron chi connectivity index (χ1n) is 18.0. The number of aryl methyl sites for hydroxylation is 3. The molecule has 1 saturated heterocycles. The molecular formula is C42H53N3O5. The van der Waals surface area contributed by atoms with E-state index >= 15 is 0 Å². The van der Waals surface area contributed by atoms with Gasteiger partial charge in [0.1, 0.15) is 17.2 Å². The normalized spacial score (nSPS) is 20.7. The van der Waals surface area contributed by atoms with Crippen LogP contribution in [0.1, 0.15) is 88.7 Å². The Balaban J connectivity index is 1.54. The molecule has 5 heterocycles. The Morgan fingerprint density at radius 3 is 2.44 bits per heavy atom. The van der Waals surface area contributed by atoms with E-state index in [-0.39, 0.29) is 11.7 Å². The lowest BCUT2D eigenvalue weighted by atomic mass is 9.92. The molecule has 8 nitrogen and oxygen atoms in total. The highest BCUT2D eigenvalue weighted by molar-refractivity contribution is 5.82. The zero-order valence-corrected chi connectivity index (χ0v) is 31.3. The van der Waals surface area contributed by atoms with Crippen molar-refractivity contribution in [2.45, 2.75) is 104 Å². The number of imidazole rings is 1. The van der Waals surface area contributed by atoms with Crippen molar-refractivity contribution >= 4 is 17.4 Å². The Morgan fingerprint density at radius 2 is 1.72 bits per heavy atom. The second-order valence-corrected chi connectivity index (χ2v) is 15.3. The van der Waals surface area contributed by atoms with Crippen molar-refractivity contribution in [3.05, 3.63) is 83.1 Å². The number of anilines is 1. The van der Waals surface area contributed by atoms with Crippen LogP contribution < -0.4 is 9.64 Å². The van der Waals surface area contributed by atoms with Crippen LogP contribution in [0.2, 0.25) is 0 Å². The minimum atomic E-state index is -0.912. The van der Waals surface area contributed by atoms with E-state index < -0.39 is 17.7 Å². The monoisotopic (exact) mass is 679 g/mol. The van der Waals surface area contributed by atoms with Crippen LogP contribution >= 0.6 is 0 Å². The quantitative estimate of drug-likeness (QED) is 0.158. The van der Waals surface area contributed by atoms with E-state index in [1.807, 2.05) is 33.8 Å². The summed E-state index contributed by atoms with van der Waals surface area (Å²) in [5, 5.41) is 0. The van der Waals surface area contributed by atoms with E-state index in [1.54, 1.807) is 0 Å². The lowest BCUT2D eigenvalue weighted by molar-refractivity contribution is -0.164. The number of fused-ring (bicyclic) bond motifs is 8. The maximum atomic E-state index is 13.5. The molecule has 2 atom stereocenters. The van der Waals surface area contributed by atoms with Crippen LogP contribution in [0.5, 0.6) is 5.75 Å². The van der Waals surface area contributed by atoms with E-state index in [4.69, 9.17) is 23.9 Å². The summed E-state index contributed by atoms with van der Waals surface area (Å²) in [5.41, 5.74) is 8.09. The molecule has 0 saturated carbocycles. The molecule has 1 fully saturated rings. The smallest absolute Gasteiger partial charge is 0.339 e. The number of methoxy groups -OCH3 is 1. The number of hydrogen-bond donors (Lipinski definition) is 0. The van der Waals surface area contributed by atoms with Gasteiger partial charge in [-0.2, -0.15) is 0 Å². The Hall–Kier alpha value is -4.14. The summed E-state index contributed by atoms with van der Waals surface area (Å²) in [4.78, 5) is 21.0. The van der Waals surface area contributed by atoms with Gasteiger partial charge in [0.15, 0.2) is 6.10 Å². The number of piperidine rings is 1. The fourth-order valence-electron chi connectivity index (χ4n) is 7.05. The van der Waals surface area contributed by atoms with E-state index in [0.717, 1.165) is 89.5 Å². The van der Waals surface area contributed by atoms with Crippen LogP contribution in [0.3, 0.4) is 0 Å². The number of rotatable bonds is 3. The van der Waals surface area contributed by atoms with Crippen LogP contribution in [-0.4, -0.2) is 59.5 Å². The van der Waals surface area contributed by atoms with Gasteiger partial charge in [-0.3, -0.25) is 4.40 Å². The Morgan fingerprint density at radius 1 is 1.00 bits per heavy atom. The van der Waals surface area contributed by atoms with Crippen molar-refractivity contribution < 1.29 is 23.7 Å². The van der Waals surface area contributed by atoms with E-state index in [0.29, 0.717) is 6.61 Å². The van der Waals surface area contributed by atoms with E-state index in [9.17, 15) is 4.79 Å². The molecule has 3 aliphatic rings. The second kappa shape index (κ2) is 14.2. The topological polar surface area (TPSA) is 74.5 Å². The second-order valence-electron chi connectivity index (χ2n) is 15.3. The SMILES string of the molecule is COC(=O)[C@@H](OC(C)(C)C)c1c(C)cc2nc3cn2c1N1CCC(C)(CC1)OCCC=CC[C@H](C)Oc1cc(C)c(C)cc1-c1cccc-3c1. The zero-order chi connectivity index (χ0) is 35.8. The predicted molar refractivity (Wildman–Crippen MR) is 200 cm³/mol. The van der Waals surface area contributed by atoms with Gasteiger partial charge in [-0.15, -0.1) is 0 Å². The molecule has 0 spiro atoms. The number of ether oxygens (including phenoxy) is 4. The van der Waals surface area contributed by atoms with Gasteiger partial charge in [0.2, 0.25) is 0 Å². The molecule has 4 aromatic rings. The first-order valence-corrected chi connectivity index (χ1v) is 18.0. The summed E-state index contributed by atoms with van der Waals surface area (Å²) in [7, 11) is 1.42. The predicted octanol–water partition coefficient (Wildman–Crippen LogP) is 9.12. The van der Waals surface area contributed by atoms with Crippen molar-refractivity contribution in [1.82, 2.24) is 9.38 Å². The molecule has 6 bridgehead atoms. The van der Waals surface area contributed by atoms with E-state index in [1.165, 1.54) is 18.2 Å². The van der Waals surface area contributed by atoms with Gasteiger partial charge in [-0.1, -0.05) is 30.4 Å². The molecule has 0 amide bonds. The van der Waals surface area contributed by atoms with Crippen LogP contribution in [0.4, 0.5) is 5.82 Å². The number of carbonyl (C=O) groups excluding carboxylic acids is 1. The van der Waals surface area contributed by atoms with Gasteiger partial charge in [0, 0.05) is 42.4 Å². The third-order valence-electron chi connectivity index (χ3n) is 10.0. The molecule has 0 aliphatic carbocycles. The summed E-state index contributed by atoms with van der Waals surface area (Å²) in [6.45, 7) is 18.7. The maximum absolute atomic E-state index is 13.5. The molecule has 2 aromatic carbocycles. The Labute approximate surface area is 297 Å². The van der Waals surface area contributed by atoms with Gasteiger partial charge >= 0.3 is 5.97 Å². The summed E-state index contributed by atoms with van der Waals surface area (Å²) < 4.78 is 27.1. The van der Waals surface area contributed by atoms with Crippen molar-refractivity contribution in [2.24, 2.45) is 0 Å². The molecule has 7 rings (SSSR count). The number of benzene rings is 2. The first-order chi connectivity index (χ1) is 23.7. The van der Waals surface area contributed by atoms with Gasteiger partial charge in [-0.25, -0.2) is 9.78 Å². The van der Waals surface area contributed by atoms with Crippen molar-refractivity contribution in [3.63, 3.8) is 0 Å². The molecule has 0 radical (unpaired) electrons. The van der Waals surface area contributed by atoms with Gasteiger partial charge in [0.05, 0.1) is 36.7 Å². The molecule has 0 unspecified atom stereocenters. The highest BCUT2D eigenvalue weighted by Gasteiger charge is 2.37. The standard InChI is InChI=1S/C42H53N3O5/c1-27-22-33-31-15-13-16-32(25-31)34-26-45-36(43-34)24-29(3)37(38(40(46)47-9)50-41(5,6)7)39(45)44-19-17-42(8,18-20-44)48-21-12-10-11-14-30(4)49-35(33)23-28(27)2/h10-11,13,15-16,22-26,30,38H,12,14,17-21H2,1-9H3/t30-,38-/m0/s1. The fourth-order valence-corrected chi connectivity index (χ4v) is 7.05. The highest BCUT2D eigenvalue weighted by atomic mass is 16.6. The lowest BCUT2D eigenvalue weighted by Crippen LogP contribution is -2.45. The Kier molecular flexibility index (Phi) is 10.2. The number of esters is 1. The minimum Gasteiger partial charge on any atom is -0.490 e. The minimum absolute atomic E-state index is 0.0116. The van der Waals surface area contributed by atoms with Crippen LogP contribution in [-0.2, 0) is 19.0 Å². The number of carbonyl (C=O) groups is 1. The molecule has 2 aromatic heterocycles. The van der Waals surface area contributed by atoms with Crippen LogP contribution in [0.15, 0.2) is 60.8 Å². The summed E-state index contributed by atoms with van der Waals surface area (Å²) in [6.07, 6.45) is 8.97. The molecule has 50 heavy (non-hydrogen) atoms. The first kappa shape index (κ1) is 35.7. The summed E-state index contributed by atoms with van der Waals surface area (Å²) in [6, 6.07) is 15.0. The number of aromatic nitrogens is 2. The third-order valence-corrected chi connectivity index (χ3v) is 10.0. The lowest BCUT2D eigenvalue weighted by Gasteiger charge is -2.41. The van der Waals surface area contributed by atoms with Gasteiger partial charge < -0.3 is 23.8 Å². The number of nitrogens with zero attached hydrogens (tertiary/aromatic N) is 3. The van der Waals surface area contributed by atoms with Crippen molar-refractivity contribution in [2.75, 3.05) is 31.7 Å². The number of hydrogen-bond acceptors (Lipinski definition) is 7. The van der Waals surface area contributed by atoms with Crippen molar-refractivity contribution in [3.8, 4) is 28.1 Å². The average molecular weight is 680 g/mol. The molecule has 0 N–H and O–H groups in total. The average Bonchev–Trinajstić information content (AvgIpc) is 3.49. The van der Waals surface area contributed by atoms with Crippen molar-refractivity contribution in [1.29, 1.82) is 0 Å². The summed E-state index contributed by atoms with van der Waals surface area (Å²) >= 11 is 0. The molecule has 266 valence electrons. The number of pyridine rings is 1. The largest absolute Gasteiger partial charge is 0.490 e. The fraction of sp³-hybridized carbons (Fsp3) is 0.476. The molecular weight excluding hydrogens is 626 g/mol. The maximum Gasteiger partial charge on any atom is 0.339 e. The summed E-state index contributed by atoms with van der Waals surface area (Å²) in [5.74, 6) is 1.36. The van der Waals surface area contributed by atoms with Gasteiger partial charge in [-0.05, 0) is 121 Å². The van der Waals surface area contributed by atoms with E-state index in [2.05, 4.69) is 91.7 Å². The molecule has 8 heteroatoms. The van der Waals surface area contributed by atoms with Gasteiger partial charge in [0.25, 0.3) is 0 Å². The van der Waals surface area contributed by atoms with Crippen LogP contribution in [0, 0.1) is 20.8 Å². The zero-order valence-electron chi connectivity index (χ0n) is 31.3. The highest BCUT2D eigenvalue weighted by Crippen LogP contribution is 2.41.